The van der Waals surface area contributed by atoms with Gasteiger partial charge in [-0.15, -0.1) is 0 Å². The van der Waals surface area contributed by atoms with Gasteiger partial charge in [0.05, 0.1) is 26.2 Å². The predicted octanol–water partition coefficient (Wildman–Crippen LogP) is 8.12. The molecule has 0 radical (unpaired) electrons. The van der Waals surface area contributed by atoms with E-state index in [0.717, 1.165) is 19.1 Å². The molecule has 0 aliphatic rings. The van der Waals surface area contributed by atoms with Gasteiger partial charge in [0.2, 0.25) is 5.91 Å². The Morgan fingerprint density at radius 1 is 0.925 bits per heavy atom. The van der Waals surface area contributed by atoms with Gasteiger partial charge in [-0.05, 0) is 42.8 Å². The van der Waals surface area contributed by atoms with Gasteiger partial charge in [0.1, 0.15) is 24.3 Å². The van der Waals surface area contributed by atoms with Crippen LogP contribution in [0.3, 0.4) is 0 Å². The highest BCUT2D eigenvalue weighted by Crippen LogP contribution is 2.42. The first kappa shape index (κ1) is 33.5. The third-order valence-corrected chi connectivity index (χ3v) is 6.28. The van der Waals surface area contributed by atoms with Crippen LogP contribution in [0.1, 0.15) is 39.9 Å². The van der Waals surface area contributed by atoms with Crippen molar-refractivity contribution >= 4 is 52.4 Å². The van der Waals surface area contributed by atoms with Crippen LogP contribution in [0.4, 0.5) is 43.9 Å². The number of nitrogens with one attached hydrogen (secondary N) is 2. The molecular weight excluding hydrogens is 633 g/mol. The van der Waals surface area contributed by atoms with Crippen molar-refractivity contribution in [3.63, 3.8) is 0 Å². The van der Waals surface area contributed by atoms with Crippen molar-refractivity contribution in [1.29, 1.82) is 0 Å². The molecule has 0 fully saturated rings. The van der Waals surface area contributed by atoms with Crippen LogP contribution in [0.5, 0.6) is 0 Å². The summed E-state index contributed by atoms with van der Waals surface area (Å²) >= 11 is 17.2. The second-order valence-corrected chi connectivity index (χ2v) is 9.31. The van der Waals surface area contributed by atoms with E-state index in [-0.39, 0.29) is 17.2 Å². The molecule has 2 unspecified atom stereocenters. The first-order valence-corrected chi connectivity index (χ1v) is 11.7. The van der Waals surface area contributed by atoms with E-state index in [1.165, 1.54) is 5.32 Å². The van der Waals surface area contributed by atoms with Gasteiger partial charge < -0.3 is 10.6 Å². The van der Waals surface area contributed by atoms with Crippen molar-refractivity contribution in [2.75, 3.05) is 6.54 Å². The maximum Gasteiger partial charge on any atom is 0.417 e. The highest BCUT2D eigenvalue weighted by molar-refractivity contribution is 6.48. The summed E-state index contributed by atoms with van der Waals surface area (Å²) in [4.78, 5) is 24.1. The van der Waals surface area contributed by atoms with Gasteiger partial charge in [0.25, 0.3) is 5.91 Å². The summed E-state index contributed by atoms with van der Waals surface area (Å²) in [5.74, 6) is -7.43. The fourth-order valence-corrected chi connectivity index (χ4v) is 3.80. The molecule has 4 nitrogen and oxygen atoms in total. The van der Waals surface area contributed by atoms with Gasteiger partial charge in [-0.25, -0.2) is 4.39 Å². The number of hydrogen-bond donors (Lipinski definition) is 2. The molecule has 220 valence electrons. The van der Waals surface area contributed by atoms with E-state index in [9.17, 15) is 53.5 Å². The summed E-state index contributed by atoms with van der Waals surface area (Å²) in [7, 11) is 0. The van der Waals surface area contributed by atoms with E-state index in [1.54, 1.807) is 5.32 Å². The molecular formula is C23H15Cl3F10N2O2. The number of carbonyl (C=O) groups is 2. The van der Waals surface area contributed by atoms with E-state index in [2.05, 4.69) is 0 Å². The van der Waals surface area contributed by atoms with Crippen LogP contribution >= 0.6 is 34.8 Å². The molecule has 2 rings (SSSR count). The van der Waals surface area contributed by atoms with Crippen molar-refractivity contribution in [2.24, 2.45) is 0 Å². The van der Waals surface area contributed by atoms with Crippen molar-refractivity contribution in [2.45, 2.75) is 37.4 Å². The average molecular weight is 648 g/mol. The highest BCUT2D eigenvalue weighted by atomic mass is 35.5. The maximum absolute atomic E-state index is 14.9. The number of carbonyl (C=O) groups excluding carboxylic acids is 2. The Kier molecular flexibility index (Phi) is 10.4. The summed E-state index contributed by atoms with van der Waals surface area (Å²) in [6, 6.07) is 0.832. The lowest BCUT2D eigenvalue weighted by Gasteiger charge is -2.20. The normalized spacial score (nSPS) is 14.5. The summed E-state index contributed by atoms with van der Waals surface area (Å²) in [5, 5.41) is 2.12. The van der Waals surface area contributed by atoms with Crippen LogP contribution < -0.4 is 10.6 Å². The number of hydrogen-bond acceptors (Lipinski definition) is 2. The predicted molar refractivity (Wildman–Crippen MR) is 127 cm³/mol. The summed E-state index contributed by atoms with van der Waals surface area (Å²) in [6.07, 6.45) is -15.3. The quantitative estimate of drug-likeness (QED) is 0.236. The molecule has 0 saturated carbocycles. The zero-order chi connectivity index (χ0) is 30.8. The van der Waals surface area contributed by atoms with Crippen molar-refractivity contribution in [3.05, 3.63) is 73.7 Å². The Morgan fingerprint density at radius 2 is 1.48 bits per heavy atom. The molecule has 2 aromatic rings. The number of rotatable bonds is 7. The van der Waals surface area contributed by atoms with E-state index < -0.39 is 87.0 Å². The lowest BCUT2D eigenvalue weighted by Crippen LogP contribution is -2.47. The van der Waals surface area contributed by atoms with Crippen LogP contribution in [0.25, 0.3) is 5.83 Å². The molecule has 40 heavy (non-hydrogen) atoms. The monoisotopic (exact) mass is 646 g/mol. The van der Waals surface area contributed by atoms with E-state index in [1.807, 2.05) is 0 Å². The topological polar surface area (TPSA) is 58.2 Å². The minimum Gasteiger partial charge on any atom is -0.345 e. The number of amides is 2. The standard InChI is InChI=1S/C23H15Cl3F10N2O2/c1-9(19(39)37-8-21(28,29)30)38-20(40)12-3-2-10(4-14(12)23(34,35)36)17(27)7-13(22(31,32)33)11-5-15(24)18(26)16(25)6-11/h2-7,9,13H,8H2,1H3,(H,37,39)(H,38,40)/b17-7+. The van der Waals surface area contributed by atoms with Crippen LogP contribution in [-0.4, -0.2) is 36.8 Å². The molecule has 0 aliphatic heterocycles. The lowest BCUT2D eigenvalue weighted by molar-refractivity contribution is -0.140. The van der Waals surface area contributed by atoms with Gasteiger partial charge in [0.15, 0.2) is 0 Å². The van der Waals surface area contributed by atoms with Gasteiger partial charge >= 0.3 is 18.5 Å². The molecule has 2 aromatic carbocycles. The zero-order valence-electron chi connectivity index (χ0n) is 19.6. The molecule has 2 amide bonds. The number of alkyl halides is 9. The summed E-state index contributed by atoms with van der Waals surface area (Å²) in [5.41, 5.74) is -4.65. The molecule has 0 spiro atoms. The lowest BCUT2D eigenvalue weighted by atomic mass is 9.95. The number of benzene rings is 2. The highest BCUT2D eigenvalue weighted by Gasteiger charge is 2.41. The number of allylic oxidation sites excluding steroid dienone is 1. The average Bonchev–Trinajstić information content (AvgIpc) is 2.81. The molecule has 17 heteroatoms. The first-order chi connectivity index (χ1) is 18.1. The maximum atomic E-state index is 14.9. The van der Waals surface area contributed by atoms with Crippen molar-refractivity contribution in [1.82, 2.24) is 10.6 Å². The Labute approximate surface area is 234 Å². The summed E-state index contributed by atoms with van der Waals surface area (Å²) < 4.78 is 134. The van der Waals surface area contributed by atoms with E-state index >= 15 is 0 Å². The fraction of sp³-hybridized carbons (Fsp3) is 0.304. The Morgan fingerprint density at radius 3 is 1.95 bits per heavy atom. The smallest absolute Gasteiger partial charge is 0.345 e. The molecule has 0 aromatic heterocycles. The molecule has 0 heterocycles. The second-order valence-electron chi connectivity index (χ2n) is 8.12. The van der Waals surface area contributed by atoms with Gasteiger partial charge in [-0.2, -0.15) is 39.5 Å². The molecule has 0 bridgehead atoms. The zero-order valence-corrected chi connectivity index (χ0v) is 21.8. The van der Waals surface area contributed by atoms with Gasteiger partial charge in [0, 0.05) is 5.56 Å². The minimum atomic E-state index is -5.34. The van der Waals surface area contributed by atoms with Gasteiger partial charge in [-0.1, -0.05) is 40.9 Å². The van der Waals surface area contributed by atoms with E-state index in [4.69, 9.17) is 34.8 Å². The molecule has 0 aliphatic carbocycles. The Hall–Kier alpha value is -2.71. The SMILES string of the molecule is CC(NC(=O)c1ccc(/C(F)=C\C(c2cc(Cl)c(Cl)c(Cl)c2)C(F)(F)F)cc1C(F)(F)F)C(=O)NCC(F)(F)F. The van der Waals surface area contributed by atoms with E-state index in [0.29, 0.717) is 12.1 Å². The first-order valence-electron chi connectivity index (χ1n) is 10.6. The molecule has 0 saturated heterocycles. The third kappa shape index (κ3) is 8.90. The largest absolute Gasteiger partial charge is 0.417 e. The number of halogens is 13. The Bertz CT molecular complexity index is 1280. The van der Waals surface area contributed by atoms with Crippen LogP contribution in [-0.2, 0) is 11.0 Å². The molecule has 2 atom stereocenters. The fourth-order valence-electron chi connectivity index (χ4n) is 3.18. The van der Waals surface area contributed by atoms with Crippen LogP contribution in [0.2, 0.25) is 15.1 Å². The third-order valence-electron chi connectivity index (χ3n) is 5.08. The van der Waals surface area contributed by atoms with Crippen LogP contribution in [0.15, 0.2) is 36.4 Å². The minimum absolute atomic E-state index is 0.0296. The van der Waals surface area contributed by atoms with Crippen molar-refractivity contribution < 1.29 is 53.5 Å². The van der Waals surface area contributed by atoms with Gasteiger partial charge in [-0.3, -0.25) is 9.59 Å². The second kappa shape index (κ2) is 12.4. The van der Waals surface area contributed by atoms with Crippen molar-refractivity contribution in [3.8, 4) is 0 Å². The summed E-state index contributed by atoms with van der Waals surface area (Å²) in [6.45, 7) is -0.881. The Balaban J connectivity index is 2.45. The van der Waals surface area contributed by atoms with Crippen LogP contribution in [0, 0.1) is 0 Å². The molecule has 2 N–H and O–H groups in total.